The van der Waals surface area contributed by atoms with Crippen LogP contribution >= 0.6 is 0 Å². The van der Waals surface area contributed by atoms with E-state index in [1.54, 1.807) is 0 Å². The number of hydrogen-bond acceptors (Lipinski definition) is 14. The van der Waals surface area contributed by atoms with Crippen molar-refractivity contribution in [2.24, 2.45) is 62.1 Å². The van der Waals surface area contributed by atoms with Crippen LogP contribution in [0, 0.1) is 69.0 Å². The summed E-state index contributed by atoms with van der Waals surface area (Å²) in [5, 5.41) is 84.4. The smallest absolute Gasteiger partial charge is 0.335 e. The Bertz CT molecular complexity index is 3060. The van der Waals surface area contributed by atoms with Gasteiger partial charge >= 0.3 is 5.97 Å². The third-order valence-corrected chi connectivity index (χ3v) is 26.7. The van der Waals surface area contributed by atoms with E-state index in [0.29, 0.717) is 56.1 Å². The van der Waals surface area contributed by atoms with Crippen molar-refractivity contribution in [3.05, 3.63) is 51.6 Å². The first-order valence-corrected chi connectivity index (χ1v) is 30.9. The number of hydrogen-bond donors (Lipinski definition) is 9. The number of aliphatic hydroxyl groups is 4. The largest absolute Gasteiger partial charge is 0.507 e. The monoisotopic (exact) mass is 1090 g/mol. The van der Waals surface area contributed by atoms with Gasteiger partial charge in [0, 0.05) is 52.5 Å². The fourth-order valence-electron chi connectivity index (χ4n) is 24.2. The first kappa shape index (κ1) is 51.0. The maximum atomic E-state index is 13.5. The molecule has 0 aromatic heterocycles. The number of aliphatic hydroxyl groups excluding tert-OH is 4. The number of hydrazine groups is 1. The lowest BCUT2D eigenvalue weighted by Crippen LogP contribution is -2.81. The number of aromatic carboxylic acids is 1. The molecule has 15 heteroatoms. The van der Waals surface area contributed by atoms with Crippen molar-refractivity contribution < 1.29 is 64.3 Å². The molecule has 12 fully saturated rings. The van der Waals surface area contributed by atoms with Crippen LogP contribution in [0.4, 0.5) is 0 Å². The molecule has 0 amide bonds. The Labute approximate surface area is 462 Å². The number of rotatable bonds is 6. The van der Waals surface area contributed by atoms with Crippen molar-refractivity contribution in [3.8, 4) is 17.2 Å². The van der Waals surface area contributed by atoms with Crippen LogP contribution in [0.3, 0.4) is 0 Å². The maximum Gasteiger partial charge on any atom is 0.335 e. The van der Waals surface area contributed by atoms with Crippen molar-refractivity contribution in [1.29, 1.82) is 0 Å². The summed E-state index contributed by atoms with van der Waals surface area (Å²) >= 11 is 0. The molecule has 14 aliphatic rings. The molecule has 7 spiro atoms. The van der Waals surface area contributed by atoms with Crippen molar-refractivity contribution in [2.45, 2.75) is 216 Å². The molecule has 5 heterocycles. The van der Waals surface area contributed by atoms with Gasteiger partial charge in [0.2, 0.25) is 6.29 Å². The summed E-state index contributed by atoms with van der Waals surface area (Å²) in [5.74, 6) is -1.50. The van der Waals surface area contributed by atoms with E-state index >= 15 is 0 Å². The molecule has 426 valence electrons. The number of carboxylic acids is 1. The topological polar surface area (TPSA) is 237 Å². The van der Waals surface area contributed by atoms with E-state index in [1.165, 1.54) is 115 Å². The molecule has 15 nitrogen and oxygen atoms in total. The van der Waals surface area contributed by atoms with Crippen LogP contribution in [-0.2, 0) is 14.2 Å². The third kappa shape index (κ3) is 6.26. The molecular formula is C64H82N2O13. The molecule has 8 saturated carbocycles. The van der Waals surface area contributed by atoms with E-state index in [0.717, 1.165) is 49.2 Å². The fraction of sp³-hybridized carbons (Fsp3) is 0.750. The molecule has 9 N–H and O–H groups in total. The summed E-state index contributed by atoms with van der Waals surface area (Å²) in [4.78, 5) is 25.7. The van der Waals surface area contributed by atoms with Crippen LogP contribution in [0.2, 0.25) is 0 Å². The second-order valence-corrected chi connectivity index (χ2v) is 29.3. The van der Waals surface area contributed by atoms with Crippen LogP contribution in [0.1, 0.15) is 181 Å². The molecule has 0 unspecified atom stereocenters. The standard InChI is InChI=1S/C64H82N2O13/c1-32-45(33(2)68)49(70)47-39(48(32)69)21-34(55(74)75)22-42(47)77-56-50(71)52(72)64-24-41-46-38(43(79-64)25-57(13-3-4-14-57)53(73)54(64)78-56)10-11-40(46)61(19-20-67)31-76-27-35-23-59-28-60(26-44(59)65-66-63(41,30-59)51(35)61)16-12-37-8-5-7-36-9-6-15-58(36)17-18-62(37,60)29-58/h11,21-22,35-37,41,43-44,50-54,56,65-67,69-73H,3-10,12-20,23-31H2,1-2H3,(H,74,75)/t35-,36+,37-,41-,43-,44+,50-,51+,52-,53+,54-,56-,58+,59+,60+,61+,62+,63+,64+/m1/s1. The van der Waals surface area contributed by atoms with E-state index in [1.807, 2.05) is 0 Å². The summed E-state index contributed by atoms with van der Waals surface area (Å²) in [7, 11) is 0. The Hall–Kier alpha value is -3.64. The molecule has 5 aliphatic heterocycles. The summed E-state index contributed by atoms with van der Waals surface area (Å²) in [6.07, 6.45) is 18.8. The molecule has 19 atom stereocenters. The maximum absolute atomic E-state index is 13.5. The predicted molar refractivity (Wildman–Crippen MR) is 288 cm³/mol. The minimum Gasteiger partial charge on any atom is -0.507 e. The highest BCUT2D eigenvalue weighted by Gasteiger charge is 2.79. The van der Waals surface area contributed by atoms with Gasteiger partial charge in [-0.3, -0.25) is 15.6 Å². The third-order valence-electron chi connectivity index (χ3n) is 26.7. The van der Waals surface area contributed by atoms with E-state index < -0.39 is 82.0 Å². The lowest BCUT2D eigenvalue weighted by Gasteiger charge is -2.72. The first-order chi connectivity index (χ1) is 37.9. The number of phenolic OH excluding ortho intramolecular Hbond substituents is 2. The average Bonchev–Trinajstić information content (AvgIpc) is 1.78. The number of phenols is 2. The van der Waals surface area contributed by atoms with E-state index in [2.05, 4.69) is 16.9 Å². The van der Waals surface area contributed by atoms with Crippen molar-refractivity contribution in [2.75, 3.05) is 19.8 Å². The van der Waals surface area contributed by atoms with Gasteiger partial charge in [-0.05, 0) is 210 Å². The number of carbonyl (C=O) groups excluding carboxylic acids is 1. The molecule has 16 rings (SSSR count). The zero-order valence-electron chi connectivity index (χ0n) is 46.1. The number of ketones is 1. The number of Topliss-reactive ketones (excluding diaryl/α,β-unsaturated/α-hetero) is 1. The molecular weight excluding hydrogens is 1000 g/mol. The second-order valence-electron chi connectivity index (χ2n) is 29.3. The van der Waals surface area contributed by atoms with Gasteiger partial charge in [0.05, 0.1) is 35.3 Å². The van der Waals surface area contributed by atoms with Gasteiger partial charge < -0.3 is 54.7 Å². The lowest BCUT2D eigenvalue weighted by molar-refractivity contribution is -0.340. The quantitative estimate of drug-likeness (QED) is 0.0977. The Balaban J connectivity index is 0.834. The second kappa shape index (κ2) is 16.8. The molecule has 6 bridgehead atoms. The van der Waals surface area contributed by atoms with Gasteiger partial charge in [0.25, 0.3) is 0 Å². The van der Waals surface area contributed by atoms with Gasteiger partial charge in [-0.2, -0.15) is 0 Å². The van der Waals surface area contributed by atoms with Crippen molar-refractivity contribution in [1.82, 2.24) is 10.9 Å². The van der Waals surface area contributed by atoms with Crippen molar-refractivity contribution >= 4 is 22.5 Å². The van der Waals surface area contributed by atoms with Gasteiger partial charge in [0.15, 0.2) is 5.78 Å². The molecule has 2 aromatic rings. The number of nitrogens with one attached hydrogen (secondary N) is 2. The number of allylic oxidation sites excluding steroid dienone is 1. The van der Waals surface area contributed by atoms with Gasteiger partial charge in [-0.1, -0.05) is 31.8 Å². The number of benzene rings is 2. The van der Waals surface area contributed by atoms with E-state index in [-0.39, 0.29) is 80.9 Å². The zero-order chi connectivity index (χ0) is 54.2. The van der Waals surface area contributed by atoms with Crippen LogP contribution in [0.5, 0.6) is 17.2 Å². The molecule has 9 aliphatic carbocycles. The Morgan fingerprint density at radius 3 is 2.43 bits per heavy atom. The number of fused-ring (bicyclic) bond motifs is 4. The SMILES string of the molecule is CC(=O)c1c(C)c(O)c2cc(C(=O)O)cc(O[C@@H]3O[C@@H]4[C@H](O)C5(CCCC5)C[C@H]5O[C@@]4(C[C@@H]4C6=C5CC=C6[C@]5(CCO)COC[C@H]6C[C@]78C[C@@]4(NN[C@H]7C[C@@]4(CC[C@H]7CCC[C@H]9CCC[C@@]9%10CC[C@]74C%10)C8)[C@@H]65)[C@H](O)[C@H]3O)c2c1O. The van der Waals surface area contributed by atoms with E-state index in [4.69, 9.17) is 18.9 Å². The van der Waals surface area contributed by atoms with Crippen molar-refractivity contribution in [3.63, 3.8) is 0 Å². The highest BCUT2D eigenvalue weighted by Crippen LogP contribution is 2.82. The minimum absolute atomic E-state index is 0.0172. The van der Waals surface area contributed by atoms with Crippen LogP contribution in [0.15, 0.2) is 34.9 Å². The highest BCUT2D eigenvalue weighted by atomic mass is 16.7. The van der Waals surface area contributed by atoms with Crippen LogP contribution in [-0.4, -0.2) is 121 Å². The minimum atomic E-state index is -1.83. The highest BCUT2D eigenvalue weighted by molar-refractivity contribution is 6.11. The predicted octanol–water partition coefficient (Wildman–Crippen LogP) is 8.35. The Kier molecular flexibility index (Phi) is 10.8. The summed E-state index contributed by atoms with van der Waals surface area (Å²) in [6, 6.07) is 2.62. The number of carboxylic acid groups (broad SMARTS) is 1. The number of ether oxygens (including phenoxy) is 4. The molecule has 4 saturated heterocycles. The first-order valence-electron chi connectivity index (χ1n) is 30.9. The summed E-state index contributed by atoms with van der Waals surface area (Å²) in [5.41, 5.74) is 9.37. The van der Waals surface area contributed by atoms with Gasteiger partial charge in [-0.15, -0.1) is 0 Å². The normalized spacial score (nSPS) is 48.3. The summed E-state index contributed by atoms with van der Waals surface area (Å²) < 4.78 is 28.3. The van der Waals surface area contributed by atoms with Crippen LogP contribution in [0.25, 0.3) is 10.8 Å². The van der Waals surface area contributed by atoms with Crippen LogP contribution < -0.4 is 15.6 Å². The number of aromatic hydroxyl groups is 2. The fourth-order valence-corrected chi connectivity index (χ4v) is 24.2. The lowest BCUT2D eigenvalue weighted by atomic mass is 9.38. The van der Waals surface area contributed by atoms with Gasteiger partial charge in [0.1, 0.15) is 41.2 Å². The molecule has 0 radical (unpaired) electrons. The van der Waals surface area contributed by atoms with Gasteiger partial charge in [-0.25, -0.2) is 4.79 Å². The Morgan fingerprint density at radius 2 is 1.63 bits per heavy atom. The Morgan fingerprint density at radius 1 is 0.835 bits per heavy atom. The molecule has 2 aromatic carbocycles. The molecule has 79 heavy (non-hydrogen) atoms. The zero-order valence-corrected chi connectivity index (χ0v) is 46.1. The summed E-state index contributed by atoms with van der Waals surface area (Å²) in [6.45, 7) is 3.88. The number of carbonyl (C=O) groups is 2. The van der Waals surface area contributed by atoms with E-state index in [9.17, 15) is 45.3 Å². The average molecular weight is 1090 g/mol.